The first-order valence-electron chi connectivity index (χ1n) is 4.59. The molecule has 3 nitrogen and oxygen atoms in total. The van der Waals surface area contributed by atoms with E-state index in [4.69, 9.17) is 5.73 Å². The Labute approximate surface area is 87.0 Å². The van der Waals surface area contributed by atoms with Crippen molar-refractivity contribution in [2.75, 3.05) is 11.9 Å². The molecule has 0 aliphatic heterocycles. The van der Waals surface area contributed by atoms with Gasteiger partial charge in [0.2, 0.25) is 0 Å². The summed E-state index contributed by atoms with van der Waals surface area (Å²) in [4.78, 5) is 4.29. The molecule has 0 saturated carbocycles. The van der Waals surface area contributed by atoms with Crippen LogP contribution in [0.3, 0.4) is 0 Å². The molecule has 4 heteroatoms. The molecule has 2 aromatic rings. The molecule has 0 saturated heterocycles. The molecule has 0 radical (unpaired) electrons. The fourth-order valence-corrected chi connectivity index (χ4v) is 2.08. The second kappa shape index (κ2) is 3.94. The summed E-state index contributed by atoms with van der Waals surface area (Å²) in [7, 11) is 0. The highest BCUT2D eigenvalue weighted by atomic mass is 32.1. The minimum absolute atomic E-state index is 0.144. The van der Waals surface area contributed by atoms with Crippen LogP contribution in [0.15, 0.2) is 23.7 Å². The number of hydrogen-bond donors (Lipinski definition) is 2. The highest BCUT2D eigenvalue weighted by Crippen LogP contribution is 2.25. The minimum Gasteiger partial charge on any atom is -0.368 e. The van der Waals surface area contributed by atoms with Crippen molar-refractivity contribution in [2.24, 2.45) is 5.73 Å². The zero-order chi connectivity index (χ0) is 9.97. The van der Waals surface area contributed by atoms with Gasteiger partial charge >= 0.3 is 0 Å². The molecular weight excluding hydrogens is 194 g/mol. The highest BCUT2D eigenvalue weighted by molar-refractivity contribution is 7.17. The normalized spacial score (nSPS) is 13.0. The molecule has 14 heavy (non-hydrogen) atoms. The van der Waals surface area contributed by atoms with Crippen LogP contribution >= 0.6 is 11.3 Å². The smallest absolute Gasteiger partial charge is 0.134 e. The lowest BCUT2D eigenvalue weighted by Crippen LogP contribution is -2.25. The van der Waals surface area contributed by atoms with Gasteiger partial charge in [-0.1, -0.05) is 0 Å². The van der Waals surface area contributed by atoms with Gasteiger partial charge in [-0.15, -0.1) is 11.3 Å². The molecule has 2 heterocycles. The molecule has 2 rings (SSSR count). The Hall–Kier alpha value is -1.13. The monoisotopic (exact) mass is 207 g/mol. The van der Waals surface area contributed by atoms with Gasteiger partial charge < -0.3 is 11.1 Å². The Bertz CT molecular complexity index is 422. The maximum Gasteiger partial charge on any atom is 0.134 e. The van der Waals surface area contributed by atoms with Gasteiger partial charge in [0, 0.05) is 28.9 Å². The maximum atomic E-state index is 5.67. The van der Waals surface area contributed by atoms with E-state index in [1.54, 1.807) is 11.3 Å². The SMILES string of the molecule is CC(N)CNc1nccc2sccc12. The molecule has 0 aliphatic rings. The number of nitrogens with zero attached hydrogens (tertiary/aromatic N) is 1. The lowest BCUT2D eigenvalue weighted by molar-refractivity contribution is 0.778. The van der Waals surface area contributed by atoms with Crippen molar-refractivity contribution >= 4 is 27.2 Å². The number of nitrogens with two attached hydrogens (primary N) is 1. The predicted molar refractivity (Wildman–Crippen MR) is 61.8 cm³/mol. The van der Waals surface area contributed by atoms with Crippen molar-refractivity contribution in [3.8, 4) is 0 Å². The lowest BCUT2D eigenvalue weighted by Gasteiger charge is -2.08. The summed E-state index contributed by atoms with van der Waals surface area (Å²) in [5, 5.41) is 6.50. The van der Waals surface area contributed by atoms with Gasteiger partial charge in [-0.2, -0.15) is 0 Å². The van der Waals surface area contributed by atoms with Crippen molar-refractivity contribution in [1.82, 2.24) is 4.98 Å². The summed E-state index contributed by atoms with van der Waals surface area (Å²) in [5.41, 5.74) is 5.67. The molecule has 0 aromatic carbocycles. The molecule has 0 amide bonds. The summed E-state index contributed by atoms with van der Waals surface area (Å²) in [5.74, 6) is 0.932. The molecule has 3 N–H and O–H groups in total. The standard InChI is InChI=1S/C10H13N3S/c1-7(11)6-13-10-8-3-5-14-9(8)2-4-12-10/h2-5,7H,6,11H2,1H3,(H,12,13). The van der Waals surface area contributed by atoms with Gasteiger partial charge in [-0.3, -0.25) is 0 Å². The molecular formula is C10H13N3S. The first kappa shape index (κ1) is 9.43. The number of anilines is 1. The quantitative estimate of drug-likeness (QED) is 0.810. The average molecular weight is 207 g/mol. The fraction of sp³-hybridized carbons (Fsp3) is 0.300. The van der Waals surface area contributed by atoms with Crippen molar-refractivity contribution in [3.63, 3.8) is 0 Å². The largest absolute Gasteiger partial charge is 0.368 e. The summed E-state index contributed by atoms with van der Waals surface area (Å²) in [6.45, 7) is 2.72. The number of fused-ring (bicyclic) bond motifs is 1. The third kappa shape index (κ3) is 1.86. The predicted octanol–water partition coefficient (Wildman–Crippen LogP) is 2.06. The average Bonchev–Trinajstić information content (AvgIpc) is 2.62. The van der Waals surface area contributed by atoms with E-state index in [0.29, 0.717) is 0 Å². The highest BCUT2D eigenvalue weighted by Gasteiger charge is 2.02. The van der Waals surface area contributed by atoms with E-state index in [0.717, 1.165) is 12.4 Å². The molecule has 0 spiro atoms. The second-order valence-electron chi connectivity index (χ2n) is 3.35. The van der Waals surface area contributed by atoms with Crippen LogP contribution in [-0.4, -0.2) is 17.6 Å². The van der Waals surface area contributed by atoms with Crippen molar-refractivity contribution in [1.29, 1.82) is 0 Å². The van der Waals surface area contributed by atoms with Crippen molar-refractivity contribution < 1.29 is 0 Å². The van der Waals surface area contributed by atoms with E-state index in [1.807, 2.05) is 19.2 Å². The minimum atomic E-state index is 0.144. The summed E-state index contributed by atoms with van der Waals surface area (Å²) >= 11 is 1.72. The van der Waals surface area contributed by atoms with E-state index >= 15 is 0 Å². The number of aromatic nitrogens is 1. The Kier molecular flexibility index (Phi) is 2.65. The molecule has 0 fully saturated rings. The molecule has 74 valence electrons. The summed E-state index contributed by atoms with van der Waals surface area (Å²) in [6, 6.07) is 4.25. The van der Waals surface area contributed by atoms with Crippen LogP contribution in [0.5, 0.6) is 0 Å². The van der Waals surface area contributed by atoms with Gasteiger partial charge in [-0.05, 0) is 24.4 Å². The Morgan fingerprint density at radius 1 is 1.57 bits per heavy atom. The number of hydrogen-bond acceptors (Lipinski definition) is 4. The van der Waals surface area contributed by atoms with Crippen LogP contribution in [0.25, 0.3) is 10.1 Å². The third-order valence-corrected chi connectivity index (χ3v) is 2.85. The number of rotatable bonds is 3. The van der Waals surface area contributed by atoms with Gasteiger partial charge in [0.1, 0.15) is 5.82 Å². The van der Waals surface area contributed by atoms with Crippen LogP contribution < -0.4 is 11.1 Å². The van der Waals surface area contributed by atoms with E-state index in [-0.39, 0.29) is 6.04 Å². The van der Waals surface area contributed by atoms with Crippen LogP contribution in [0, 0.1) is 0 Å². The van der Waals surface area contributed by atoms with Crippen molar-refractivity contribution in [3.05, 3.63) is 23.7 Å². The first-order chi connectivity index (χ1) is 6.77. The topological polar surface area (TPSA) is 50.9 Å². The van der Waals surface area contributed by atoms with Crippen LogP contribution in [0.1, 0.15) is 6.92 Å². The van der Waals surface area contributed by atoms with E-state index in [1.165, 1.54) is 10.1 Å². The zero-order valence-corrected chi connectivity index (χ0v) is 8.84. The molecule has 1 atom stereocenters. The fourth-order valence-electron chi connectivity index (χ4n) is 1.29. The Morgan fingerprint density at radius 3 is 3.21 bits per heavy atom. The van der Waals surface area contributed by atoms with Gasteiger partial charge in [0.25, 0.3) is 0 Å². The van der Waals surface area contributed by atoms with E-state index < -0.39 is 0 Å². The van der Waals surface area contributed by atoms with Gasteiger partial charge in [-0.25, -0.2) is 4.98 Å². The Balaban J connectivity index is 2.27. The number of thiophene rings is 1. The van der Waals surface area contributed by atoms with Crippen LogP contribution in [-0.2, 0) is 0 Å². The zero-order valence-electron chi connectivity index (χ0n) is 8.03. The maximum absolute atomic E-state index is 5.67. The van der Waals surface area contributed by atoms with E-state index in [9.17, 15) is 0 Å². The summed E-state index contributed by atoms with van der Waals surface area (Å²) < 4.78 is 1.26. The van der Waals surface area contributed by atoms with Gasteiger partial charge in [0.05, 0.1) is 0 Å². The second-order valence-corrected chi connectivity index (χ2v) is 4.30. The first-order valence-corrected chi connectivity index (χ1v) is 5.47. The van der Waals surface area contributed by atoms with Crippen LogP contribution in [0.2, 0.25) is 0 Å². The lowest BCUT2D eigenvalue weighted by atomic mass is 10.3. The molecule has 0 bridgehead atoms. The van der Waals surface area contributed by atoms with Crippen molar-refractivity contribution in [2.45, 2.75) is 13.0 Å². The van der Waals surface area contributed by atoms with Gasteiger partial charge in [0.15, 0.2) is 0 Å². The van der Waals surface area contributed by atoms with Crippen LogP contribution in [0.4, 0.5) is 5.82 Å². The molecule has 0 aliphatic carbocycles. The van der Waals surface area contributed by atoms with E-state index in [2.05, 4.69) is 21.7 Å². The molecule has 2 aromatic heterocycles. The summed E-state index contributed by atoms with van der Waals surface area (Å²) in [6.07, 6.45) is 1.82. The Morgan fingerprint density at radius 2 is 2.43 bits per heavy atom. The number of pyridine rings is 1. The number of nitrogens with one attached hydrogen (secondary N) is 1. The molecule has 1 unspecified atom stereocenters. The third-order valence-electron chi connectivity index (χ3n) is 1.97.